The van der Waals surface area contributed by atoms with Crippen LogP contribution in [-0.4, -0.2) is 63.0 Å². The minimum atomic E-state index is -1.06. The molecule has 2 N–H and O–H groups in total. The number of thioether (sulfide) groups is 1. The monoisotopic (exact) mass is 452 g/mol. The summed E-state index contributed by atoms with van der Waals surface area (Å²) < 4.78 is 19.2. The van der Waals surface area contributed by atoms with Gasteiger partial charge in [-0.1, -0.05) is 30.0 Å². The summed E-state index contributed by atoms with van der Waals surface area (Å²) in [6, 6.07) is 5.57. The van der Waals surface area contributed by atoms with Gasteiger partial charge in [-0.25, -0.2) is 14.2 Å². The van der Waals surface area contributed by atoms with Gasteiger partial charge in [0, 0.05) is 30.2 Å². The van der Waals surface area contributed by atoms with Gasteiger partial charge in [-0.05, 0) is 18.6 Å². The van der Waals surface area contributed by atoms with Crippen LogP contribution in [0.4, 0.5) is 4.39 Å². The second-order valence-corrected chi connectivity index (χ2v) is 8.77. The fourth-order valence-corrected chi connectivity index (χ4v) is 4.76. The Morgan fingerprint density at radius 3 is 3.07 bits per heavy atom. The molecule has 1 unspecified atom stereocenters. The van der Waals surface area contributed by atoms with Crippen molar-refractivity contribution in [3.63, 3.8) is 0 Å². The van der Waals surface area contributed by atoms with Gasteiger partial charge < -0.3 is 19.8 Å². The van der Waals surface area contributed by atoms with E-state index in [1.807, 2.05) is 0 Å². The topological polar surface area (TPSA) is 100.0 Å². The minimum absolute atomic E-state index is 0.0214. The molecular formula is C20H21FN2O5S2. The summed E-state index contributed by atoms with van der Waals surface area (Å²) in [7, 11) is 0. The molecule has 0 radical (unpaired) electrons. The van der Waals surface area contributed by atoms with Crippen molar-refractivity contribution in [2.24, 2.45) is 0 Å². The molecule has 1 aromatic heterocycles. The molecule has 10 heteroatoms. The molecule has 0 spiro atoms. The van der Waals surface area contributed by atoms with Crippen LogP contribution in [0.5, 0.6) is 5.75 Å². The summed E-state index contributed by atoms with van der Waals surface area (Å²) in [5.74, 6) is -0.495. The Hall–Kier alpha value is -2.43. The van der Waals surface area contributed by atoms with Gasteiger partial charge in [0.15, 0.2) is 10.0 Å². The molecule has 1 aliphatic rings. The van der Waals surface area contributed by atoms with Gasteiger partial charge in [0.05, 0.1) is 6.04 Å². The van der Waals surface area contributed by atoms with Gasteiger partial charge >= 0.3 is 5.97 Å². The number of halogens is 1. The van der Waals surface area contributed by atoms with E-state index < -0.39 is 17.9 Å². The van der Waals surface area contributed by atoms with E-state index in [-0.39, 0.29) is 24.2 Å². The molecule has 1 saturated heterocycles. The van der Waals surface area contributed by atoms with Crippen molar-refractivity contribution in [3.05, 3.63) is 53.3 Å². The molecule has 0 aliphatic carbocycles. The van der Waals surface area contributed by atoms with Crippen molar-refractivity contribution < 1.29 is 28.9 Å². The number of hydrogen-bond acceptors (Lipinski definition) is 7. The van der Waals surface area contributed by atoms with Gasteiger partial charge in [-0.15, -0.1) is 11.3 Å². The number of aromatic carboxylic acids is 1. The molecule has 2 heterocycles. The van der Waals surface area contributed by atoms with Crippen molar-refractivity contribution in [2.45, 2.75) is 29.3 Å². The van der Waals surface area contributed by atoms with Crippen molar-refractivity contribution in [2.75, 3.05) is 18.9 Å². The van der Waals surface area contributed by atoms with Gasteiger partial charge in [-0.3, -0.25) is 4.79 Å². The highest BCUT2D eigenvalue weighted by molar-refractivity contribution is 8.01. The summed E-state index contributed by atoms with van der Waals surface area (Å²) in [5.41, 5.74) is 0.0232. The van der Waals surface area contributed by atoms with Gasteiger partial charge in [0.1, 0.15) is 24.3 Å². The number of carbonyl (C=O) groups excluding carboxylic acids is 1. The third-order valence-corrected chi connectivity index (χ3v) is 6.41. The van der Waals surface area contributed by atoms with E-state index in [0.29, 0.717) is 35.2 Å². The first-order chi connectivity index (χ1) is 14.4. The first-order valence-electron chi connectivity index (χ1n) is 9.28. The van der Waals surface area contributed by atoms with Crippen LogP contribution in [-0.2, 0) is 4.79 Å². The Balaban J connectivity index is 1.46. The Bertz CT molecular complexity index is 920. The Labute approximate surface area is 181 Å². The van der Waals surface area contributed by atoms with Crippen LogP contribution < -0.4 is 4.74 Å². The Kier molecular flexibility index (Phi) is 7.83. The number of carboxylic acids is 1. The standard InChI is InChI=1S/C20H21FN2O5S2/c21-13-2-1-3-16(10-13)28-11-15(24)6-4-14-5-7-18(25)23(14)8-9-29-20-22-17(12-30-20)19(26)27/h1-4,6,10,12,14-15,24H,5,7-9,11H2,(H,26,27)/t14-,15?/m0/s1. The van der Waals surface area contributed by atoms with E-state index in [0.717, 1.165) is 0 Å². The van der Waals surface area contributed by atoms with Crippen molar-refractivity contribution in [3.8, 4) is 5.75 Å². The highest BCUT2D eigenvalue weighted by Gasteiger charge is 2.28. The second kappa shape index (κ2) is 10.6. The second-order valence-electron chi connectivity index (χ2n) is 6.57. The number of ether oxygens (including phenoxy) is 1. The van der Waals surface area contributed by atoms with Crippen molar-refractivity contribution >= 4 is 35.0 Å². The first kappa shape index (κ1) is 22.3. The van der Waals surface area contributed by atoms with Crippen molar-refractivity contribution in [1.29, 1.82) is 0 Å². The predicted octanol–water partition coefficient (Wildman–Crippen LogP) is 3.06. The maximum Gasteiger partial charge on any atom is 0.355 e. The largest absolute Gasteiger partial charge is 0.490 e. The van der Waals surface area contributed by atoms with Crippen molar-refractivity contribution in [1.82, 2.24) is 9.88 Å². The normalized spacial score (nSPS) is 17.6. The number of carboxylic acid groups (broad SMARTS) is 1. The first-order valence-corrected chi connectivity index (χ1v) is 11.1. The van der Waals surface area contributed by atoms with E-state index in [2.05, 4.69) is 4.98 Å². The van der Waals surface area contributed by atoms with Crippen LogP contribution in [0.15, 0.2) is 46.1 Å². The molecule has 0 saturated carbocycles. The lowest BCUT2D eigenvalue weighted by atomic mass is 10.2. The SMILES string of the molecule is O=C(O)c1csc(SCCN2C(=O)CC[C@@H]2C=CC(O)COc2cccc(F)c2)n1. The van der Waals surface area contributed by atoms with Gasteiger partial charge in [0.25, 0.3) is 0 Å². The quantitative estimate of drug-likeness (QED) is 0.422. The van der Waals surface area contributed by atoms with Gasteiger partial charge in [-0.2, -0.15) is 0 Å². The maximum atomic E-state index is 13.1. The lowest BCUT2D eigenvalue weighted by Crippen LogP contribution is -2.34. The smallest absolute Gasteiger partial charge is 0.355 e. The number of aliphatic hydroxyl groups is 1. The lowest BCUT2D eigenvalue weighted by molar-refractivity contribution is -0.128. The summed E-state index contributed by atoms with van der Waals surface area (Å²) in [5, 5.41) is 20.5. The predicted molar refractivity (Wildman–Crippen MR) is 112 cm³/mol. The highest BCUT2D eigenvalue weighted by atomic mass is 32.2. The number of nitrogens with zero attached hydrogens (tertiary/aromatic N) is 2. The molecule has 1 aromatic carbocycles. The van der Waals surface area contributed by atoms with Crippen LogP contribution >= 0.6 is 23.1 Å². The zero-order valence-corrected chi connectivity index (χ0v) is 17.6. The average Bonchev–Trinajstić information content (AvgIpc) is 3.32. The van der Waals surface area contributed by atoms with E-state index in [9.17, 15) is 19.1 Å². The number of amides is 1. The fourth-order valence-electron chi connectivity index (χ4n) is 2.95. The van der Waals surface area contributed by atoms with E-state index in [1.165, 1.54) is 46.7 Å². The number of thiazole rings is 1. The zero-order valence-electron chi connectivity index (χ0n) is 15.9. The van der Waals surface area contributed by atoms with Crippen LogP contribution in [0.3, 0.4) is 0 Å². The number of carbonyl (C=O) groups is 2. The third kappa shape index (κ3) is 6.28. The van der Waals surface area contributed by atoms with Crippen LogP contribution in [0.2, 0.25) is 0 Å². The number of hydrogen-bond donors (Lipinski definition) is 2. The molecule has 3 rings (SSSR count). The highest BCUT2D eigenvalue weighted by Crippen LogP contribution is 2.25. The Morgan fingerprint density at radius 1 is 1.50 bits per heavy atom. The summed E-state index contributed by atoms with van der Waals surface area (Å²) >= 11 is 2.67. The minimum Gasteiger partial charge on any atom is -0.490 e. The lowest BCUT2D eigenvalue weighted by Gasteiger charge is -2.22. The number of rotatable bonds is 10. The fraction of sp³-hybridized carbons (Fsp3) is 0.350. The molecular weight excluding hydrogens is 431 g/mol. The zero-order chi connectivity index (χ0) is 21.5. The van der Waals surface area contributed by atoms with E-state index in [4.69, 9.17) is 9.84 Å². The average molecular weight is 453 g/mol. The molecule has 1 fully saturated rings. The molecule has 7 nitrogen and oxygen atoms in total. The number of likely N-dealkylation sites (tertiary alicyclic amines) is 1. The summed E-state index contributed by atoms with van der Waals surface area (Å²) in [6.45, 7) is 0.475. The number of benzene rings is 1. The van der Waals surface area contributed by atoms with Crippen LogP contribution in [0.1, 0.15) is 23.3 Å². The Morgan fingerprint density at radius 2 is 2.33 bits per heavy atom. The summed E-state index contributed by atoms with van der Waals surface area (Å²) in [4.78, 5) is 28.8. The van der Waals surface area contributed by atoms with E-state index >= 15 is 0 Å². The maximum absolute atomic E-state index is 13.1. The number of aliphatic hydroxyl groups excluding tert-OH is 1. The molecule has 0 bridgehead atoms. The molecule has 2 aromatic rings. The van der Waals surface area contributed by atoms with E-state index in [1.54, 1.807) is 23.1 Å². The molecule has 1 aliphatic heterocycles. The molecule has 2 atom stereocenters. The number of aromatic nitrogens is 1. The molecule has 1 amide bonds. The van der Waals surface area contributed by atoms with Crippen LogP contribution in [0, 0.1) is 5.82 Å². The summed E-state index contributed by atoms with van der Waals surface area (Å²) in [6.07, 6.45) is 3.60. The molecule has 30 heavy (non-hydrogen) atoms. The third-order valence-electron chi connectivity index (χ3n) is 4.41. The van der Waals surface area contributed by atoms with Crippen LogP contribution in [0.25, 0.3) is 0 Å². The molecule has 160 valence electrons. The van der Waals surface area contributed by atoms with Gasteiger partial charge in [0.2, 0.25) is 5.91 Å².